The molecular formula is C16H22N2O2. The summed E-state index contributed by atoms with van der Waals surface area (Å²) in [5, 5.41) is 0. The summed E-state index contributed by atoms with van der Waals surface area (Å²) in [6.07, 6.45) is 4.52. The van der Waals surface area contributed by atoms with Gasteiger partial charge in [-0.1, -0.05) is 30.3 Å². The molecule has 4 nitrogen and oxygen atoms in total. The highest BCUT2D eigenvalue weighted by Crippen LogP contribution is 2.20. The molecule has 2 N–H and O–H groups in total. The topological polar surface area (TPSA) is 63.4 Å². The van der Waals surface area contributed by atoms with E-state index < -0.39 is 0 Å². The van der Waals surface area contributed by atoms with E-state index in [2.05, 4.69) is 0 Å². The first-order valence-electron chi connectivity index (χ1n) is 7.28. The minimum Gasteiger partial charge on any atom is -0.370 e. The molecule has 0 aromatic heterocycles. The van der Waals surface area contributed by atoms with E-state index in [0.29, 0.717) is 6.42 Å². The first-order chi connectivity index (χ1) is 9.66. The quantitative estimate of drug-likeness (QED) is 0.891. The first kappa shape index (κ1) is 14.6. The van der Waals surface area contributed by atoms with E-state index in [1.807, 2.05) is 35.2 Å². The number of amides is 2. The maximum Gasteiger partial charge on any atom is 0.223 e. The Balaban J connectivity index is 1.90. The van der Waals surface area contributed by atoms with E-state index >= 15 is 0 Å². The Hall–Kier alpha value is -1.84. The molecule has 1 aliphatic rings. The summed E-state index contributed by atoms with van der Waals surface area (Å²) in [6.45, 7) is 0.756. The smallest absolute Gasteiger partial charge is 0.223 e. The van der Waals surface area contributed by atoms with Crippen LogP contribution in [0.25, 0.3) is 0 Å². The lowest BCUT2D eigenvalue weighted by molar-refractivity contribution is -0.135. The van der Waals surface area contributed by atoms with Crippen LogP contribution in [0.4, 0.5) is 0 Å². The van der Waals surface area contributed by atoms with Gasteiger partial charge in [-0.2, -0.15) is 0 Å². The third-order valence-electron chi connectivity index (χ3n) is 3.85. The Morgan fingerprint density at radius 3 is 2.65 bits per heavy atom. The molecule has 1 fully saturated rings. The van der Waals surface area contributed by atoms with Crippen LogP contribution in [0.2, 0.25) is 0 Å². The van der Waals surface area contributed by atoms with Crippen LogP contribution in [0.5, 0.6) is 0 Å². The normalized spacial score (nSPS) is 18.8. The monoisotopic (exact) mass is 274 g/mol. The van der Waals surface area contributed by atoms with Gasteiger partial charge in [0.1, 0.15) is 0 Å². The van der Waals surface area contributed by atoms with Crippen molar-refractivity contribution in [2.75, 3.05) is 6.54 Å². The highest BCUT2D eigenvalue weighted by atomic mass is 16.2. The third kappa shape index (κ3) is 4.08. The second kappa shape index (κ2) is 7.08. The molecule has 2 rings (SSSR count). The molecule has 0 radical (unpaired) electrons. The minimum absolute atomic E-state index is 0.00419. The molecule has 1 aromatic rings. The molecule has 1 unspecified atom stereocenters. The van der Waals surface area contributed by atoms with Crippen molar-refractivity contribution in [3.8, 4) is 0 Å². The molecular weight excluding hydrogens is 252 g/mol. The van der Waals surface area contributed by atoms with E-state index in [9.17, 15) is 9.59 Å². The lowest BCUT2D eigenvalue weighted by Crippen LogP contribution is -2.45. The predicted molar refractivity (Wildman–Crippen MR) is 77.9 cm³/mol. The molecule has 4 heteroatoms. The number of aryl methyl sites for hydroxylation is 1. The number of hydrogen-bond donors (Lipinski definition) is 1. The van der Waals surface area contributed by atoms with E-state index in [1.54, 1.807) is 0 Å². The van der Waals surface area contributed by atoms with Gasteiger partial charge in [0, 0.05) is 25.4 Å². The number of benzene rings is 1. The van der Waals surface area contributed by atoms with Gasteiger partial charge in [-0.3, -0.25) is 9.59 Å². The molecule has 1 aliphatic heterocycles. The number of piperidine rings is 1. The molecule has 0 spiro atoms. The van der Waals surface area contributed by atoms with Crippen LogP contribution < -0.4 is 5.73 Å². The largest absolute Gasteiger partial charge is 0.370 e. The number of primary amides is 1. The van der Waals surface area contributed by atoms with Crippen LogP contribution in [0.3, 0.4) is 0 Å². The van der Waals surface area contributed by atoms with Crippen molar-refractivity contribution in [3.05, 3.63) is 35.9 Å². The fraction of sp³-hybridized carbons (Fsp3) is 0.500. The first-order valence-corrected chi connectivity index (χ1v) is 7.28. The molecule has 1 aromatic carbocycles. The number of rotatable bonds is 5. The Morgan fingerprint density at radius 2 is 1.95 bits per heavy atom. The summed E-state index contributed by atoms with van der Waals surface area (Å²) in [4.78, 5) is 25.3. The van der Waals surface area contributed by atoms with Crippen LogP contribution >= 0.6 is 0 Å². The SMILES string of the molecule is NC(=O)CC1CCCCN1C(=O)CCc1ccccc1. The van der Waals surface area contributed by atoms with Crippen molar-refractivity contribution in [2.45, 2.75) is 44.6 Å². The fourth-order valence-electron chi connectivity index (χ4n) is 2.81. The van der Waals surface area contributed by atoms with Gasteiger partial charge in [0.15, 0.2) is 0 Å². The third-order valence-corrected chi connectivity index (χ3v) is 3.85. The Labute approximate surface area is 119 Å². The van der Waals surface area contributed by atoms with Crippen molar-refractivity contribution in [1.29, 1.82) is 0 Å². The molecule has 0 saturated carbocycles. The van der Waals surface area contributed by atoms with Crippen molar-refractivity contribution in [2.24, 2.45) is 5.73 Å². The van der Waals surface area contributed by atoms with Crippen LogP contribution in [-0.4, -0.2) is 29.3 Å². The van der Waals surface area contributed by atoms with Gasteiger partial charge >= 0.3 is 0 Å². The molecule has 0 bridgehead atoms. The van der Waals surface area contributed by atoms with Crippen LogP contribution in [0, 0.1) is 0 Å². The van der Waals surface area contributed by atoms with Gasteiger partial charge in [0.25, 0.3) is 0 Å². The van der Waals surface area contributed by atoms with E-state index in [0.717, 1.165) is 32.2 Å². The minimum atomic E-state index is -0.322. The number of hydrogen-bond acceptors (Lipinski definition) is 2. The average Bonchev–Trinajstić information content (AvgIpc) is 2.46. The van der Waals surface area contributed by atoms with E-state index in [4.69, 9.17) is 5.73 Å². The van der Waals surface area contributed by atoms with Gasteiger partial charge in [-0.15, -0.1) is 0 Å². The summed E-state index contributed by atoms with van der Waals surface area (Å²) >= 11 is 0. The predicted octanol–water partition coefficient (Wildman–Crippen LogP) is 1.88. The maximum absolute atomic E-state index is 12.3. The summed E-state index contributed by atoms with van der Waals surface area (Å²) in [6, 6.07) is 10.0. The zero-order chi connectivity index (χ0) is 14.4. The molecule has 1 atom stereocenters. The van der Waals surface area contributed by atoms with Crippen molar-refractivity contribution >= 4 is 11.8 Å². The molecule has 2 amide bonds. The van der Waals surface area contributed by atoms with Gasteiger partial charge in [-0.25, -0.2) is 0 Å². The van der Waals surface area contributed by atoms with Gasteiger partial charge in [0.05, 0.1) is 0 Å². The van der Waals surface area contributed by atoms with Crippen molar-refractivity contribution in [3.63, 3.8) is 0 Å². The molecule has 20 heavy (non-hydrogen) atoms. The number of likely N-dealkylation sites (tertiary alicyclic amines) is 1. The van der Waals surface area contributed by atoms with Crippen LogP contribution in [-0.2, 0) is 16.0 Å². The highest BCUT2D eigenvalue weighted by Gasteiger charge is 2.27. The molecule has 0 aliphatic carbocycles. The number of nitrogens with two attached hydrogens (primary N) is 1. The lowest BCUT2D eigenvalue weighted by Gasteiger charge is -2.35. The van der Waals surface area contributed by atoms with Gasteiger partial charge in [-0.05, 0) is 31.2 Å². The second-order valence-electron chi connectivity index (χ2n) is 5.39. The molecule has 108 valence electrons. The van der Waals surface area contributed by atoms with E-state index in [-0.39, 0.29) is 24.3 Å². The summed E-state index contributed by atoms with van der Waals surface area (Å²) in [5.74, 6) is -0.183. The Bertz CT molecular complexity index is 459. The number of nitrogens with zero attached hydrogens (tertiary/aromatic N) is 1. The van der Waals surface area contributed by atoms with Crippen LogP contribution in [0.15, 0.2) is 30.3 Å². The van der Waals surface area contributed by atoms with Crippen molar-refractivity contribution in [1.82, 2.24) is 4.90 Å². The second-order valence-corrected chi connectivity index (χ2v) is 5.39. The summed E-state index contributed by atoms with van der Waals surface area (Å²) in [5.41, 5.74) is 6.44. The zero-order valence-electron chi connectivity index (χ0n) is 11.8. The Morgan fingerprint density at radius 1 is 1.20 bits per heavy atom. The van der Waals surface area contributed by atoms with Crippen LogP contribution in [0.1, 0.15) is 37.7 Å². The Kier molecular flexibility index (Phi) is 5.16. The summed E-state index contributed by atoms with van der Waals surface area (Å²) in [7, 11) is 0. The van der Waals surface area contributed by atoms with Gasteiger partial charge in [0.2, 0.25) is 11.8 Å². The zero-order valence-corrected chi connectivity index (χ0v) is 11.8. The fourth-order valence-corrected chi connectivity index (χ4v) is 2.81. The van der Waals surface area contributed by atoms with Gasteiger partial charge < -0.3 is 10.6 Å². The van der Waals surface area contributed by atoms with E-state index in [1.165, 1.54) is 5.56 Å². The number of carbonyl (C=O) groups excluding carboxylic acids is 2. The lowest BCUT2D eigenvalue weighted by atomic mass is 9.98. The average molecular weight is 274 g/mol. The number of carbonyl (C=O) groups is 2. The standard InChI is InChI=1S/C16H22N2O2/c17-15(19)12-14-8-4-5-11-18(14)16(20)10-9-13-6-2-1-3-7-13/h1-3,6-7,14H,4-5,8-12H2,(H2,17,19). The van der Waals surface area contributed by atoms with Crippen molar-refractivity contribution < 1.29 is 9.59 Å². The highest BCUT2D eigenvalue weighted by molar-refractivity contribution is 5.79. The maximum atomic E-state index is 12.3. The molecule has 1 heterocycles. The molecule has 1 saturated heterocycles. The summed E-state index contributed by atoms with van der Waals surface area (Å²) < 4.78 is 0.